The molecule has 4 nitrogen and oxygen atoms in total. The van der Waals surface area contributed by atoms with Crippen LogP contribution in [-0.4, -0.2) is 44.0 Å². The van der Waals surface area contributed by atoms with E-state index in [-0.39, 0.29) is 5.41 Å². The van der Waals surface area contributed by atoms with Crippen LogP contribution in [0.4, 0.5) is 5.69 Å². The quantitative estimate of drug-likeness (QED) is 0.864. The minimum atomic E-state index is -0.129. The van der Waals surface area contributed by atoms with Crippen LogP contribution in [0.5, 0.6) is 0 Å². The molecular weight excluding hydrogens is 286 g/mol. The summed E-state index contributed by atoms with van der Waals surface area (Å²) in [5.41, 5.74) is 2.41. The van der Waals surface area contributed by atoms with Crippen LogP contribution in [0.15, 0.2) is 24.3 Å². The molecule has 0 spiro atoms. The number of carbonyl (C=O) groups is 1. The highest BCUT2D eigenvalue weighted by Gasteiger charge is 2.51. The molecule has 124 valence electrons. The summed E-state index contributed by atoms with van der Waals surface area (Å²) in [6.45, 7) is 4.41. The average Bonchev–Trinajstić information content (AvgIpc) is 2.95. The molecule has 2 atom stereocenters. The van der Waals surface area contributed by atoms with Crippen LogP contribution >= 0.6 is 0 Å². The Bertz CT molecular complexity index is 602. The molecule has 4 heteroatoms. The lowest BCUT2D eigenvalue weighted by molar-refractivity contribution is -0.145. The van der Waals surface area contributed by atoms with Crippen molar-refractivity contribution >= 4 is 11.6 Å². The minimum absolute atomic E-state index is 0.129. The Morgan fingerprint density at radius 3 is 3.04 bits per heavy atom. The number of hydrogen-bond acceptors (Lipinski definition) is 3. The van der Waals surface area contributed by atoms with Gasteiger partial charge in [0.2, 0.25) is 5.91 Å². The van der Waals surface area contributed by atoms with E-state index in [1.54, 1.807) is 0 Å². The summed E-state index contributed by atoms with van der Waals surface area (Å²) in [6.07, 6.45) is 4.77. The third kappa shape index (κ3) is 2.44. The van der Waals surface area contributed by atoms with E-state index >= 15 is 0 Å². The van der Waals surface area contributed by atoms with E-state index in [2.05, 4.69) is 46.4 Å². The van der Waals surface area contributed by atoms with Gasteiger partial charge in [-0.05, 0) is 36.9 Å². The van der Waals surface area contributed by atoms with E-state index in [1.807, 2.05) is 0 Å². The van der Waals surface area contributed by atoms with Gasteiger partial charge in [0.1, 0.15) is 0 Å². The SMILES string of the molecule is CN1CCN(C(=O)[C@@]23CCCC[C@H]2CNC3)Cc2ccccc21. The molecule has 1 N–H and O–H groups in total. The molecule has 4 rings (SSSR count). The number of nitrogens with one attached hydrogen (secondary N) is 1. The summed E-state index contributed by atoms with van der Waals surface area (Å²) in [6, 6.07) is 8.51. The molecule has 1 aliphatic carbocycles. The topological polar surface area (TPSA) is 35.6 Å². The highest BCUT2D eigenvalue weighted by Crippen LogP contribution is 2.45. The second-order valence-electron chi connectivity index (χ2n) is 7.51. The number of likely N-dealkylation sites (N-methyl/N-ethyl adjacent to an activating group) is 1. The van der Waals surface area contributed by atoms with Gasteiger partial charge in [-0.1, -0.05) is 31.0 Å². The molecule has 2 fully saturated rings. The van der Waals surface area contributed by atoms with E-state index in [0.29, 0.717) is 11.8 Å². The zero-order chi connectivity index (χ0) is 15.9. The molecule has 1 aromatic rings. The van der Waals surface area contributed by atoms with Gasteiger partial charge in [0.25, 0.3) is 0 Å². The summed E-state index contributed by atoms with van der Waals surface area (Å²) in [5.74, 6) is 0.942. The predicted molar refractivity (Wildman–Crippen MR) is 92.4 cm³/mol. The summed E-state index contributed by atoms with van der Waals surface area (Å²) < 4.78 is 0. The van der Waals surface area contributed by atoms with E-state index in [1.165, 1.54) is 30.5 Å². The van der Waals surface area contributed by atoms with Gasteiger partial charge in [0.05, 0.1) is 5.41 Å². The first-order valence-corrected chi connectivity index (χ1v) is 9.00. The van der Waals surface area contributed by atoms with Gasteiger partial charge >= 0.3 is 0 Å². The van der Waals surface area contributed by atoms with E-state index in [0.717, 1.165) is 39.1 Å². The van der Waals surface area contributed by atoms with Gasteiger partial charge in [0.15, 0.2) is 0 Å². The maximum Gasteiger partial charge on any atom is 0.230 e. The Hall–Kier alpha value is -1.55. The first-order valence-electron chi connectivity index (χ1n) is 9.00. The van der Waals surface area contributed by atoms with E-state index in [4.69, 9.17) is 0 Å². The van der Waals surface area contributed by atoms with Crippen LogP contribution < -0.4 is 10.2 Å². The van der Waals surface area contributed by atoms with Gasteiger partial charge in [0, 0.05) is 38.9 Å². The van der Waals surface area contributed by atoms with Crippen molar-refractivity contribution in [2.45, 2.75) is 32.2 Å². The third-order valence-corrected chi connectivity index (χ3v) is 6.22. The minimum Gasteiger partial charge on any atom is -0.373 e. The van der Waals surface area contributed by atoms with Gasteiger partial charge in [-0.3, -0.25) is 4.79 Å². The molecular formula is C19H27N3O. The maximum atomic E-state index is 13.5. The molecule has 3 aliphatic rings. The van der Waals surface area contributed by atoms with Crippen LogP contribution in [-0.2, 0) is 11.3 Å². The van der Waals surface area contributed by atoms with Crippen molar-refractivity contribution in [3.63, 3.8) is 0 Å². The number of hydrogen-bond donors (Lipinski definition) is 1. The number of fused-ring (bicyclic) bond motifs is 2. The van der Waals surface area contributed by atoms with Gasteiger partial charge in [-0.25, -0.2) is 0 Å². The van der Waals surface area contributed by atoms with Crippen molar-refractivity contribution in [3.05, 3.63) is 29.8 Å². The second-order valence-corrected chi connectivity index (χ2v) is 7.51. The lowest BCUT2D eigenvalue weighted by atomic mass is 9.67. The smallest absolute Gasteiger partial charge is 0.230 e. The normalized spacial score (nSPS) is 30.6. The van der Waals surface area contributed by atoms with Crippen LogP contribution in [0.3, 0.4) is 0 Å². The standard InChI is InChI=1S/C19H27N3O/c1-21-10-11-22(13-15-6-2-3-8-17(15)21)18(23)19-9-5-4-7-16(19)12-20-14-19/h2-3,6,8,16,20H,4-5,7,9-14H2,1H3/t16-,19+/m0/s1. The Morgan fingerprint density at radius 2 is 2.13 bits per heavy atom. The summed E-state index contributed by atoms with van der Waals surface area (Å²) in [5, 5.41) is 3.51. The van der Waals surface area contributed by atoms with Crippen molar-refractivity contribution in [1.82, 2.24) is 10.2 Å². The predicted octanol–water partition coefficient (Wildman–Crippen LogP) is 2.24. The zero-order valence-electron chi connectivity index (χ0n) is 14.1. The molecule has 2 heterocycles. The monoisotopic (exact) mass is 313 g/mol. The number of benzene rings is 1. The molecule has 2 aliphatic heterocycles. The van der Waals surface area contributed by atoms with Crippen LogP contribution in [0.1, 0.15) is 31.2 Å². The Morgan fingerprint density at radius 1 is 1.26 bits per heavy atom. The fourth-order valence-electron chi connectivity index (χ4n) is 4.85. The molecule has 0 radical (unpaired) electrons. The van der Waals surface area contributed by atoms with E-state index < -0.39 is 0 Å². The molecule has 0 bridgehead atoms. The van der Waals surface area contributed by atoms with Crippen molar-refractivity contribution in [2.75, 3.05) is 38.1 Å². The first kappa shape index (κ1) is 15.0. The fraction of sp³-hybridized carbons (Fsp3) is 0.632. The van der Waals surface area contributed by atoms with Crippen molar-refractivity contribution in [1.29, 1.82) is 0 Å². The number of amides is 1. The summed E-state index contributed by atoms with van der Waals surface area (Å²) >= 11 is 0. The molecule has 1 saturated carbocycles. The van der Waals surface area contributed by atoms with Crippen molar-refractivity contribution in [3.8, 4) is 0 Å². The summed E-state index contributed by atoms with van der Waals surface area (Å²) in [4.78, 5) is 17.9. The molecule has 0 unspecified atom stereocenters. The van der Waals surface area contributed by atoms with Gasteiger partial charge in [-0.15, -0.1) is 0 Å². The average molecular weight is 313 g/mol. The number of carbonyl (C=O) groups excluding carboxylic acids is 1. The van der Waals surface area contributed by atoms with Gasteiger partial charge in [-0.2, -0.15) is 0 Å². The molecule has 0 aromatic heterocycles. The van der Waals surface area contributed by atoms with Crippen LogP contribution in [0.25, 0.3) is 0 Å². The molecule has 1 aromatic carbocycles. The lowest BCUT2D eigenvalue weighted by Crippen LogP contribution is -2.50. The Balaban J connectivity index is 1.62. The van der Waals surface area contributed by atoms with Crippen LogP contribution in [0, 0.1) is 11.3 Å². The summed E-state index contributed by atoms with van der Waals surface area (Å²) in [7, 11) is 2.13. The number of para-hydroxylation sites is 1. The Kier molecular flexibility index (Phi) is 3.80. The molecule has 23 heavy (non-hydrogen) atoms. The molecule has 1 amide bonds. The van der Waals surface area contributed by atoms with Gasteiger partial charge < -0.3 is 15.1 Å². The van der Waals surface area contributed by atoms with Crippen molar-refractivity contribution in [2.24, 2.45) is 11.3 Å². The lowest BCUT2D eigenvalue weighted by Gasteiger charge is -2.40. The Labute approximate surface area is 138 Å². The first-order chi connectivity index (χ1) is 11.2. The fourth-order valence-corrected chi connectivity index (χ4v) is 4.85. The largest absolute Gasteiger partial charge is 0.373 e. The number of anilines is 1. The maximum absolute atomic E-state index is 13.5. The van der Waals surface area contributed by atoms with Crippen LogP contribution in [0.2, 0.25) is 0 Å². The number of rotatable bonds is 1. The third-order valence-electron chi connectivity index (χ3n) is 6.22. The van der Waals surface area contributed by atoms with Crippen molar-refractivity contribution < 1.29 is 4.79 Å². The zero-order valence-corrected chi connectivity index (χ0v) is 14.1. The highest BCUT2D eigenvalue weighted by atomic mass is 16.2. The second kappa shape index (κ2) is 5.82. The highest BCUT2D eigenvalue weighted by molar-refractivity contribution is 5.84. The number of nitrogens with zero attached hydrogens (tertiary/aromatic N) is 2. The molecule has 1 saturated heterocycles. The van der Waals surface area contributed by atoms with E-state index in [9.17, 15) is 4.79 Å².